The fraction of sp³-hybridized carbons (Fsp3) is 1.00. The molecule has 0 amide bonds. The van der Waals surface area contributed by atoms with E-state index in [9.17, 15) is 0 Å². The van der Waals surface area contributed by atoms with E-state index in [1.54, 1.807) is 0 Å². The second-order valence-corrected chi connectivity index (χ2v) is 5.25. The van der Waals surface area contributed by atoms with Crippen molar-refractivity contribution in [1.82, 2.24) is 5.32 Å². The van der Waals surface area contributed by atoms with Gasteiger partial charge in [-0.05, 0) is 32.7 Å². The third kappa shape index (κ3) is 12.1. The molecular formula is C14H31NO2. The van der Waals surface area contributed by atoms with Gasteiger partial charge in [-0.2, -0.15) is 0 Å². The molecule has 0 radical (unpaired) electrons. The van der Waals surface area contributed by atoms with E-state index in [0.717, 1.165) is 19.5 Å². The number of rotatable bonds is 11. The van der Waals surface area contributed by atoms with Crippen LogP contribution in [0.2, 0.25) is 0 Å². The molecule has 0 aliphatic rings. The van der Waals surface area contributed by atoms with E-state index in [2.05, 4.69) is 26.1 Å². The Balaban J connectivity index is 3.59. The van der Waals surface area contributed by atoms with Crippen LogP contribution in [0.25, 0.3) is 0 Å². The first-order valence-electron chi connectivity index (χ1n) is 7.00. The van der Waals surface area contributed by atoms with Gasteiger partial charge >= 0.3 is 0 Å². The summed E-state index contributed by atoms with van der Waals surface area (Å²) in [7, 11) is 0. The molecule has 0 heterocycles. The third-order valence-corrected chi connectivity index (χ3v) is 2.42. The van der Waals surface area contributed by atoms with Crippen molar-refractivity contribution < 1.29 is 9.47 Å². The van der Waals surface area contributed by atoms with Crippen LogP contribution in [0.3, 0.4) is 0 Å². The number of nitrogens with one attached hydrogen (secondary N) is 1. The Morgan fingerprint density at radius 2 is 1.59 bits per heavy atom. The molecule has 0 saturated heterocycles. The molecule has 0 aromatic carbocycles. The van der Waals surface area contributed by atoms with Crippen LogP contribution in [0.15, 0.2) is 0 Å². The summed E-state index contributed by atoms with van der Waals surface area (Å²) in [4.78, 5) is 0. The van der Waals surface area contributed by atoms with E-state index in [1.807, 2.05) is 13.8 Å². The summed E-state index contributed by atoms with van der Waals surface area (Å²) in [5.41, 5.74) is 0. The predicted octanol–water partition coefficient (Wildman–Crippen LogP) is 2.84. The van der Waals surface area contributed by atoms with E-state index in [1.165, 1.54) is 6.42 Å². The minimum absolute atomic E-state index is 0.294. The molecule has 0 fully saturated rings. The molecule has 104 valence electrons. The number of hydrogen-bond donors (Lipinski definition) is 1. The SMILES string of the molecule is CCCC(CNCC(C)C)OCCOC(C)C. The van der Waals surface area contributed by atoms with Gasteiger partial charge in [-0.1, -0.05) is 27.2 Å². The van der Waals surface area contributed by atoms with Gasteiger partial charge in [0.25, 0.3) is 0 Å². The maximum Gasteiger partial charge on any atom is 0.0705 e. The zero-order valence-corrected chi connectivity index (χ0v) is 12.3. The number of hydrogen-bond acceptors (Lipinski definition) is 3. The molecule has 1 unspecified atom stereocenters. The van der Waals surface area contributed by atoms with E-state index >= 15 is 0 Å². The van der Waals surface area contributed by atoms with Crippen molar-refractivity contribution >= 4 is 0 Å². The van der Waals surface area contributed by atoms with Gasteiger partial charge in [-0.25, -0.2) is 0 Å². The van der Waals surface area contributed by atoms with E-state index in [4.69, 9.17) is 9.47 Å². The lowest BCUT2D eigenvalue weighted by Gasteiger charge is -2.19. The highest BCUT2D eigenvalue weighted by molar-refractivity contribution is 4.62. The van der Waals surface area contributed by atoms with Crippen LogP contribution >= 0.6 is 0 Å². The largest absolute Gasteiger partial charge is 0.376 e. The third-order valence-electron chi connectivity index (χ3n) is 2.42. The quantitative estimate of drug-likeness (QED) is 0.568. The van der Waals surface area contributed by atoms with Crippen molar-refractivity contribution in [3.05, 3.63) is 0 Å². The first kappa shape index (κ1) is 16.9. The van der Waals surface area contributed by atoms with Crippen molar-refractivity contribution in [2.24, 2.45) is 5.92 Å². The molecule has 0 rings (SSSR count). The summed E-state index contributed by atoms with van der Waals surface area (Å²) in [6.45, 7) is 14.2. The highest BCUT2D eigenvalue weighted by Crippen LogP contribution is 2.02. The summed E-state index contributed by atoms with van der Waals surface area (Å²) in [5, 5.41) is 3.45. The van der Waals surface area contributed by atoms with Gasteiger partial charge in [0.1, 0.15) is 0 Å². The number of ether oxygens (including phenoxy) is 2. The molecule has 0 aliphatic heterocycles. The van der Waals surface area contributed by atoms with Crippen LogP contribution in [-0.4, -0.2) is 38.5 Å². The smallest absolute Gasteiger partial charge is 0.0705 e. The lowest BCUT2D eigenvalue weighted by Crippen LogP contribution is -2.32. The normalized spacial score (nSPS) is 13.6. The Labute approximate surface area is 107 Å². The average Bonchev–Trinajstić information content (AvgIpc) is 2.23. The van der Waals surface area contributed by atoms with Gasteiger partial charge in [0, 0.05) is 6.54 Å². The first-order valence-corrected chi connectivity index (χ1v) is 7.00. The van der Waals surface area contributed by atoms with E-state index in [-0.39, 0.29) is 0 Å². The van der Waals surface area contributed by atoms with Crippen LogP contribution in [0.1, 0.15) is 47.5 Å². The highest BCUT2D eigenvalue weighted by atomic mass is 16.5. The molecule has 0 bridgehead atoms. The molecule has 1 N–H and O–H groups in total. The Kier molecular flexibility index (Phi) is 10.9. The maximum atomic E-state index is 5.83. The predicted molar refractivity (Wildman–Crippen MR) is 73.4 cm³/mol. The lowest BCUT2D eigenvalue weighted by molar-refractivity contribution is -0.0148. The Morgan fingerprint density at radius 1 is 0.941 bits per heavy atom. The summed E-state index contributed by atoms with van der Waals surface area (Å²) in [6, 6.07) is 0. The molecule has 0 aliphatic carbocycles. The monoisotopic (exact) mass is 245 g/mol. The maximum absolute atomic E-state index is 5.83. The summed E-state index contributed by atoms with van der Waals surface area (Å²) >= 11 is 0. The second kappa shape index (κ2) is 11.0. The Bertz CT molecular complexity index is 160. The summed E-state index contributed by atoms with van der Waals surface area (Å²) in [5.74, 6) is 0.696. The summed E-state index contributed by atoms with van der Waals surface area (Å²) < 4.78 is 11.3. The fourth-order valence-electron chi connectivity index (χ4n) is 1.60. The van der Waals surface area contributed by atoms with Gasteiger partial charge in [0.2, 0.25) is 0 Å². The Hall–Kier alpha value is -0.120. The van der Waals surface area contributed by atoms with Gasteiger partial charge < -0.3 is 14.8 Å². The zero-order chi connectivity index (χ0) is 13.1. The second-order valence-electron chi connectivity index (χ2n) is 5.25. The van der Waals surface area contributed by atoms with Gasteiger partial charge in [-0.15, -0.1) is 0 Å². The topological polar surface area (TPSA) is 30.5 Å². The van der Waals surface area contributed by atoms with Crippen molar-refractivity contribution in [2.75, 3.05) is 26.3 Å². The van der Waals surface area contributed by atoms with Crippen LogP contribution in [-0.2, 0) is 9.47 Å². The van der Waals surface area contributed by atoms with Crippen LogP contribution in [0.4, 0.5) is 0 Å². The minimum atomic E-state index is 0.294. The minimum Gasteiger partial charge on any atom is -0.376 e. The molecule has 3 heteroatoms. The highest BCUT2D eigenvalue weighted by Gasteiger charge is 2.08. The molecule has 0 aromatic heterocycles. The molecule has 0 aromatic rings. The zero-order valence-electron chi connectivity index (χ0n) is 12.3. The van der Waals surface area contributed by atoms with Crippen molar-refractivity contribution in [2.45, 2.75) is 59.7 Å². The average molecular weight is 245 g/mol. The molecule has 3 nitrogen and oxygen atoms in total. The molecule has 0 saturated carbocycles. The van der Waals surface area contributed by atoms with Gasteiger partial charge in [-0.3, -0.25) is 0 Å². The lowest BCUT2D eigenvalue weighted by atomic mass is 10.2. The molecule has 17 heavy (non-hydrogen) atoms. The fourth-order valence-corrected chi connectivity index (χ4v) is 1.60. The molecular weight excluding hydrogens is 214 g/mol. The Morgan fingerprint density at radius 3 is 2.12 bits per heavy atom. The van der Waals surface area contributed by atoms with Crippen LogP contribution in [0, 0.1) is 5.92 Å². The molecule has 0 spiro atoms. The summed E-state index contributed by atoms with van der Waals surface area (Å²) in [6.07, 6.45) is 2.91. The van der Waals surface area contributed by atoms with Crippen molar-refractivity contribution in [3.63, 3.8) is 0 Å². The molecule has 1 atom stereocenters. The van der Waals surface area contributed by atoms with Crippen LogP contribution in [0.5, 0.6) is 0 Å². The van der Waals surface area contributed by atoms with Crippen LogP contribution < -0.4 is 5.32 Å². The van der Waals surface area contributed by atoms with E-state index < -0.39 is 0 Å². The van der Waals surface area contributed by atoms with Crippen molar-refractivity contribution in [1.29, 1.82) is 0 Å². The first-order chi connectivity index (χ1) is 8.06. The van der Waals surface area contributed by atoms with E-state index in [0.29, 0.717) is 31.3 Å². The van der Waals surface area contributed by atoms with Gasteiger partial charge in [0.05, 0.1) is 25.4 Å². The van der Waals surface area contributed by atoms with Gasteiger partial charge in [0.15, 0.2) is 0 Å². The van der Waals surface area contributed by atoms with Crippen molar-refractivity contribution in [3.8, 4) is 0 Å². The standard InChI is InChI=1S/C14H31NO2/c1-6-7-14(11-15-10-12(2)3)17-9-8-16-13(4)5/h12-15H,6-11H2,1-5H3.